The monoisotopic (exact) mass is 392 g/mol. The van der Waals surface area contributed by atoms with E-state index in [0.29, 0.717) is 25.2 Å². The second-order valence-electron chi connectivity index (χ2n) is 8.95. The summed E-state index contributed by atoms with van der Waals surface area (Å²) in [5.74, 6) is -0.498. The molecule has 1 amide bonds. The Morgan fingerprint density at radius 2 is 1.83 bits per heavy atom. The molecule has 0 N–H and O–H groups in total. The smallest absolute Gasteiger partial charge is 0.338 e. The van der Waals surface area contributed by atoms with Crippen molar-refractivity contribution in [2.24, 2.45) is 5.92 Å². The molecule has 6 heteroatoms. The number of hydrogen-bond acceptors (Lipinski definition) is 4. The summed E-state index contributed by atoms with van der Waals surface area (Å²) < 4.78 is 7.52. The lowest BCUT2D eigenvalue weighted by Crippen LogP contribution is -2.54. The first-order chi connectivity index (χ1) is 13.8. The van der Waals surface area contributed by atoms with Crippen LogP contribution in [-0.2, 0) is 16.1 Å². The van der Waals surface area contributed by atoms with Gasteiger partial charge in [-0.15, -0.1) is 0 Å². The summed E-state index contributed by atoms with van der Waals surface area (Å²) >= 11 is 0. The Morgan fingerprint density at radius 1 is 1.03 bits per heavy atom. The molecule has 0 aliphatic carbocycles. The molecule has 2 aromatic rings. The van der Waals surface area contributed by atoms with Crippen molar-refractivity contribution >= 4 is 11.9 Å². The Hall–Kier alpha value is -2.89. The van der Waals surface area contributed by atoms with E-state index in [4.69, 9.17) is 4.74 Å². The highest BCUT2D eigenvalue weighted by molar-refractivity contribution is 5.98. The van der Waals surface area contributed by atoms with Gasteiger partial charge in [0, 0.05) is 37.3 Å². The molecule has 3 unspecified atom stereocenters. The number of piperidine rings is 1. The Morgan fingerprint density at radius 3 is 2.66 bits per heavy atom. The Labute approximate surface area is 169 Å². The number of nitrogens with zero attached hydrogens (tertiary/aromatic N) is 2. The molecule has 5 rings (SSSR count). The third-order valence-corrected chi connectivity index (χ3v) is 6.58. The molecule has 1 aromatic heterocycles. The molecule has 150 valence electrons. The summed E-state index contributed by atoms with van der Waals surface area (Å²) in [6, 6.07) is 12.6. The molecule has 3 aliphatic heterocycles. The van der Waals surface area contributed by atoms with Crippen LogP contribution in [0.1, 0.15) is 53.7 Å². The average molecular weight is 392 g/mol. The van der Waals surface area contributed by atoms with Gasteiger partial charge in [-0.25, -0.2) is 4.79 Å². The van der Waals surface area contributed by atoms with Crippen molar-refractivity contribution < 1.29 is 14.3 Å². The minimum atomic E-state index is -0.913. The topological polar surface area (TPSA) is 68.6 Å². The van der Waals surface area contributed by atoms with Gasteiger partial charge in [0.1, 0.15) is 11.5 Å². The lowest BCUT2D eigenvalue weighted by atomic mass is 9.77. The number of cyclic esters (lactones) is 1. The van der Waals surface area contributed by atoms with Gasteiger partial charge >= 0.3 is 5.97 Å². The number of carbonyl (C=O) groups is 2. The van der Waals surface area contributed by atoms with Crippen molar-refractivity contribution in [2.45, 2.75) is 44.2 Å². The number of aromatic nitrogens is 1. The van der Waals surface area contributed by atoms with E-state index in [2.05, 4.69) is 0 Å². The van der Waals surface area contributed by atoms with Crippen LogP contribution < -0.4 is 5.56 Å². The number of fused-ring (bicyclic) bond motifs is 5. The summed E-state index contributed by atoms with van der Waals surface area (Å²) in [6.45, 7) is 5.47. The number of rotatable bonds is 1. The summed E-state index contributed by atoms with van der Waals surface area (Å²) in [4.78, 5) is 40.3. The second kappa shape index (κ2) is 6.31. The first-order valence-corrected chi connectivity index (χ1v) is 10.2. The Bertz CT molecular complexity index is 1070. The van der Waals surface area contributed by atoms with E-state index in [0.717, 1.165) is 17.7 Å². The zero-order valence-electron chi connectivity index (χ0n) is 16.6. The second-order valence-corrected chi connectivity index (χ2v) is 8.95. The van der Waals surface area contributed by atoms with E-state index in [1.165, 1.54) is 0 Å². The number of hydrogen-bond donors (Lipinski definition) is 0. The van der Waals surface area contributed by atoms with Crippen molar-refractivity contribution in [3.05, 3.63) is 69.6 Å². The van der Waals surface area contributed by atoms with E-state index >= 15 is 0 Å². The van der Waals surface area contributed by atoms with Crippen molar-refractivity contribution in [3.8, 4) is 0 Å². The zero-order valence-corrected chi connectivity index (χ0v) is 16.6. The number of pyridine rings is 1. The minimum Gasteiger partial charge on any atom is -0.455 e. The van der Waals surface area contributed by atoms with E-state index in [1.54, 1.807) is 24.3 Å². The van der Waals surface area contributed by atoms with Crippen LogP contribution in [0.25, 0.3) is 0 Å². The van der Waals surface area contributed by atoms with E-state index in [1.807, 2.05) is 41.5 Å². The molecule has 1 fully saturated rings. The lowest BCUT2D eigenvalue weighted by molar-refractivity contribution is -0.142. The SMILES string of the molecule is CC1(C)OC(=O)c2ccccc2C1C(=O)N1CC2CC(C1)c1cccc(=O)n1C2. The van der Waals surface area contributed by atoms with Crippen molar-refractivity contribution in [3.63, 3.8) is 0 Å². The number of esters is 1. The van der Waals surface area contributed by atoms with Crippen LogP contribution >= 0.6 is 0 Å². The largest absolute Gasteiger partial charge is 0.455 e. The molecule has 4 heterocycles. The van der Waals surface area contributed by atoms with Crippen molar-refractivity contribution in [2.75, 3.05) is 13.1 Å². The van der Waals surface area contributed by atoms with Gasteiger partial charge in [0.2, 0.25) is 5.91 Å². The number of benzene rings is 1. The van der Waals surface area contributed by atoms with E-state index < -0.39 is 11.5 Å². The van der Waals surface area contributed by atoms with E-state index in [9.17, 15) is 14.4 Å². The Balaban J connectivity index is 1.50. The van der Waals surface area contributed by atoms with Gasteiger partial charge in [0.15, 0.2) is 0 Å². The molecule has 0 saturated carbocycles. The number of likely N-dealkylation sites (tertiary alicyclic amines) is 1. The zero-order chi connectivity index (χ0) is 20.3. The van der Waals surface area contributed by atoms with Crippen molar-refractivity contribution in [1.29, 1.82) is 0 Å². The first-order valence-electron chi connectivity index (χ1n) is 10.2. The molecule has 6 nitrogen and oxygen atoms in total. The third-order valence-electron chi connectivity index (χ3n) is 6.58. The van der Waals surface area contributed by atoms with Gasteiger partial charge in [-0.05, 0) is 43.9 Å². The maximum Gasteiger partial charge on any atom is 0.338 e. The maximum atomic E-state index is 13.7. The summed E-state index contributed by atoms with van der Waals surface area (Å²) in [5.41, 5.74) is 1.35. The van der Waals surface area contributed by atoms with Gasteiger partial charge < -0.3 is 14.2 Å². The van der Waals surface area contributed by atoms with Gasteiger partial charge in [-0.1, -0.05) is 24.3 Å². The average Bonchev–Trinajstić information content (AvgIpc) is 2.68. The summed E-state index contributed by atoms with van der Waals surface area (Å²) in [5, 5.41) is 0. The fraction of sp³-hybridized carbons (Fsp3) is 0.435. The molecule has 0 radical (unpaired) electrons. The van der Waals surface area contributed by atoms with Gasteiger partial charge in [-0.2, -0.15) is 0 Å². The molecule has 3 aliphatic rings. The number of amides is 1. The highest BCUT2D eigenvalue weighted by Crippen LogP contribution is 2.42. The standard InChI is InChI=1S/C23H24N2O4/c1-23(2)20(16-6-3-4-7-17(16)22(28)29-23)21(27)24-11-14-10-15(13-24)18-8-5-9-19(26)25(18)12-14/h3-9,14-15,20H,10-13H2,1-2H3. The van der Waals surface area contributed by atoms with E-state index in [-0.39, 0.29) is 29.3 Å². The Kier molecular flexibility index (Phi) is 3.95. The normalized spacial score (nSPS) is 26.9. The fourth-order valence-electron chi connectivity index (χ4n) is 5.35. The highest BCUT2D eigenvalue weighted by atomic mass is 16.6. The molecule has 1 saturated heterocycles. The minimum absolute atomic E-state index is 0.00335. The van der Waals surface area contributed by atoms with Crippen LogP contribution in [0.4, 0.5) is 0 Å². The number of ether oxygens (including phenoxy) is 1. The van der Waals surface area contributed by atoms with Gasteiger partial charge in [0.05, 0.1) is 5.56 Å². The molecule has 29 heavy (non-hydrogen) atoms. The van der Waals surface area contributed by atoms with Crippen LogP contribution in [0.2, 0.25) is 0 Å². The fourth-order valence-corrected chi connectivity index (χ4v) is 5.35. The lowest BCUT2D eigenvalue weighted by Gasteiger charge is -2.46. The molecular weight excluding hydrogens is 368 g/mol. The summed E-state index contributed by atoms with van der Waals surface area (Å²) in [7, 11) is 0. The predicted octanol–water partition coefficient (Wildman–Crippen LogP) is 2.53. The van der Waals surface area contributed by atoms with Crippen LogP contribution in [0.5, 0.6) is 0 Å². The maximum absolute atomic E-state index is 13.7. The predicted molar refractivity (Wildman–Crippen MR) is 107 cm³/mol. The first kappa shape index (κ1) is 18.2. The van der Waals surface area contributed by atoms with Crippen molar-refractivity contribution in [1.82, 2.24) is 9.47 Å². The molecule has 0 spiro atoms. The van der Waals surface area contributed by atoms with Crippen LogP contribution in [0.3, 0.4) is 0 Å². The molecular formula is C23H24N2O4. The van der Waals surface area contributed by atoms with Gasteiger partial charge in [-0.3, -0.25) is 9.59 Å². The van der Waals surface area contributed by atoms with Crippen LogP contribution in [-0.4, -0.2) is 40.0 Å². The summed E-state index contributed by atoms with van der Waals surface area (Å²) in [6.07, 6.45) is 0.993. The number of carbonyl (C=O) groups excluding carboxylic acids is 2. The van der Waals surface area contributed by atoms with Crippen LogP contribution in [0.15, 0.2) is 47.3 Å². The highest BCUT2D eigenvalue weighted by Gasteiger charge is 2.48. The third kappa shape index (κ3) is 2.81. The quantitative estimate of drug-likeness (QED) is 0.700. The molecule has 2 bridgehead atoms. The van der Waals surface area contributed by atoms with Gasteiger partial charge in [0.25, 0.3) is 5.56 Å². The molecule has 3 atom stereocenters. The van der Waals surface area contributed by atoms with Crippen LogP contribution in [0, 0.1) is 5.92 Å². The molecule has 1 aromatic carbocycles.